The monoisotopic (exact) mass is 353 g/mol. The molecule has 0 spiro atoms. The Balaban J connectivity index is 1.78. The highest BCUT2D eigenvalue weighted by Crippen LogP contribution is 2.16. The van der Waals surface area contributed by atoms with Gasteiger partial charge in [-0.05, 0) is 36.8 Å². The Labute approximate surface area is 152 Å². The average molecular weight is 353 g/mol. The van der Waals surface area contributed by atoms with Crippen molar-refractivity contribution in [1.82, 2.24) is 14.9 Å². The summed E-state index contributed by atoms with van der Waals surface area (Å²) in [7, 11) is 1.63. The van der Waals surface area contributed by atoms with Crippen molar-refractivity contribution in [2.75, 3.05) is 26.9 Å². The molecule has 1 heterocycles. The Morgan fingerprint density at radius 1 is 1.15 bits per heavy atom. The lowest BCUT2D eigenvalue weighted by molar-refractivity contribution is 0.0670. The van der Waals surface area contributed by atoms with Gasteiger partial charge in [-0.25, -0.2) is 4.98 Å². The molecule has 0 aliphatic carbocycles. The number of amides is 1. The first-order valence-electron chi connectivity index (χ1n) is 8.66. The van der Waals surface area contributed by atoms with Crippen LogP contribution in [-0.4, -0.2) is 47.6 Å². The van der Waals surface area contributed by atoms with E-state index >= 15 is 0 Å². The number of hydrogen-bond donors (Lipinski definition) is 1. The summed E-state index contributed by atoms with van der Waals surface area (Å²) in [4.78, 5) is 22.2. The van der Waals surface area contributed by atoms with Gasteiger partial charge in [-0.1, -0.05) is 24.3 Å². The predicted molar refractivity (Wildman–Crippen MR) is 100 cm³/mol. The quantitative estimate of drug-likeness (QED) is 0.675. The molecule has 6 heteroatoms. The maximum Gasteiger partial charge on any atom is 0.290 e. The summed E-state index contributed by atoms with van der Waals surface area (Å²) >= 11 is 0. The van der Waals surface area contributed by atoms with E-state index < -0.39 is 0 Å². The number of ether oxygens (including phenoxy) is 2. The van der Waals surface area contributed by atoms with Crippen molar-refractivity contribution < 1.29 is 14.3 Å². The van der Waals surface area contributed by atoms with E-state index in [9.17, 15) is 4.79 Å². The standard InChI is InChI=1S/C20H23N3O3/c1-3-26-16-10-8-15(9-11-16)14-23(12-13-25-2)20(24)19-21-17-6-4-5-7-18(17)22-19/h4-11H,3,12-14H2,1-2H3,(H,21,22). The van der Waals surface area contributed by atoms with Crippen LogP contribution < -0.4 is 4.74 Å². The molecule has 3 aromatic rings. The van der Waals surface area contributed by atoms with Gasteiger partial charge in [0.05, 0.1) is 24.2 Å². The Morgan fingerprint density at radius 3 is 2.62 bits per heavy atom. The van der Waals surface area contributed by atoms with Gasteiger partial charge in [0.15, 0.2) is 5.82 Å². The van der Waals surface area contributed by atoms with Crippen molar-refractivity contribution >= 4 is 16.9 Å². The van der Waals surface area contributed by atoms with E-state index in [1.807, 2.05) is 55.5 Å². The number of rotatable bonds is 8. The number of hydrogen-bond acceptors (Lipinski definition) is 4. The SMILES string of the molecule is CCOc1ccc(CN(CCOC)C(=O)c2nc3ccccc3[nH]2)cc1. The maximum absolute atomic E-state index is 12.9. The normalized spacial score (nSPS) is 10.8. The molecule has 1 aromatic heterocycles. The van der Waals surface area contributed by atoms with Crippen LogP contribution in [-0.2, 0) is 11.3 Å². The van der Waals surface area contributed by atoms with Crippen LogP contribution >= 0.6 is 0 Å². The second-order valence-corrected chi connectivity index (χ2v) is 5.90. The number of carbonyl (C=O) groups is 1. The molecule has 0 aliphatic rings. The highest BCUT2D eigenvalue weighted by molar-refractivity contribution is 5.94. The maximum atomic E-state index is 12.9. The van der Waals surface area contributed by atoms with Crippen LogP contribution in [0.5, 0.6) is 5.75 Å². The van der Waals surface area contributed by atoms with Crippen LogP contribution in [0, 0.1) is 0 Å². The minimum atomic E-state index is -0.146. The van der Waals surface area contributed by atoms with E-state index in [0.29, 0.717) is 32.1 Å². The fourth-order valence-electron chi connectivity index (χ4n) is 2.74. The van der Waals surface area contributed by atoms with Crippen molar-refractivity contribution in [3.8, 4) is 5.75 Å². The number of carbonyl (C=O) groups excluding carboxylic acids is 1. The minimum Gasteiger partial charge on any atom is -0.494 e. The summed E-state index contributed by atoms with van der Waals surface area (Å²) < 4.78 is 10.6. The summed E-state index contributed by atoms with van der Waals surface area (Å²) in [6.45, 7) is 4.00. The highest BCUT2D eigenvalue weighted by Gasteiger charge is 2.19. The average Bonchev–Trinajstić information content (AvgIpc) is 3.10. The number of aromatic nitrogens is 2. The Hall–Kier alpha value is -2.86. The summed E-state index contributed by atoms with van der Waals surface area (Å²) in [5.74, 6) is 1.02. The van der Waals surface area contributed by atoms with Gasteiger partial charge in [0.2, 0.25) is 0 Å². The van der Waals surface area contributed by atoms with Gasteiger partial charge >= 0.3 is 0 Å². The van der Waals surface area contributed by atoms with Crippen molar-refractivity contribution in [3.63, 3.8) is 0 Å². The molecule has 0 fully saturated rings. The first-order chi connectivity index (χ1) is 12.7. The summed E-state index contributed by atoms with van der Waals surface area (Å²) in [6, 6.07) is 15.4. The van der Waals surface area contributed by atoms with Crippen molar-refractivity contribution in [2.45, 2.75) is 13.5 Å². The number of para-hydroxylation sites is 2. The summed E-state index contributed by atoms with van der Waals surface area (Å²) in [5, 5.41) is 0. The number of methoxy groups -OCH3 is 1. The van der Waals surface area contributed by atoms with E-state index in [-0.39, 0.29) is 5.91 Å². The van der Waals surface area contributed by atoms with E-state index in [4.69, 9.17) is 9.47 Å². The molecule has 1 N–H and O–H groups in total. The van der Waals surface area contributed by atoms with Crippen LogP contribution in [0.3, 0.4) is 0 Å². The van der Waals surface area contributed by atoms with E-state index in [1.165, 1.54) is 0 Å². The molecule has 1 amide bonds. The molecular formula is C20H23N3O3. The summed E-state index contributed by atoms with van der Waals surface area (Å²) in [6.07, 6.45) is 0. The van der Waals surface area contributed by atoms with Crippen LogP contribution in [0.4, 0.5) is 0 Å². The molecule has 0 saturated heterocycles. The van der Waals surface area contributed by atoms with E-state index in [2.05, 4.69) is 9.97 Å². The van der Waals surface area contributed by atoms with Crippen molar-refractivity contribution in [3.05, 3.63) is 59.9 Å². The molecule has 2 aromatic carbocycles. The van der Waals surface area contributed by atoms with E-state index in [1.54, 1.807) is 12.0 Å². The van der Waals surface area contributed by atoms with Crippen LogP contribution in [0.15, 0.2) is 48.5 Å². The van der Waals surface area contributed by atoms with Gasteiger partial charge in [0.1, 0.15) is 5.75 Å². The lowest BCUT2D eigenvalue weighted by Gasteiger charge is -2.21. The molecule has 0 radical (unpaired) electrons. The molecular weight excluding hydrogens is 330 g/mol. The van der Waals surface area contributed by atoms with Gasteiger partial charge in [0.25, 0.3) is 5.91 Å². The Morgan fingerprint density at radius 2 is 1.92 bits per heavy atom. The first kappa shape index (κ1) is 17.9. The van der Waals surface area contributed by atoms with Crippen molar-refractivity contribution in [1.29, 1.82) is 0 Å². The van der Waals surface area contributed by atoms with Gasteiger partial charge in [-0.15, -0.1) is 0 Å². The third kappa shape index (κ3) is 4.21. The zero-order valence-corrected chi connectivity index (χ0v) is 15.1. The first-order valence-corrected chi connectivity index (χ1v) is 8.66. The lowest BCUT2D eigenvalue weighted by atomic mass is 10.2. The number of H-pyrrole nitrogens is 1. The molecule has 136 valence electrons. The van der Waals surface area contributed by atoms with Gasteiger partial charge in [-0.3, -0.25) is 4.79 Å². The molecule has 0 unspecified atom stereocenters. The Bertz CT molecular complexity index is 825. The van der Waals surface area contributed by atoms with Crippen LogP contribution in [0.2, 0.25) is 0 Å². The van der Waals surface area contributed by atoms with Crippen LogP contribution in [0.1, 0.15) is 23.1 Å². The van der Waals surface area contributed by atoms with E-state index in [0.717, 1.165) is 22.3 Å². The smallest absolute Gasteiger partial charge is 0.290 e. The zero-order valence-electron chi connectivity index (χ0n) is 15.1. The number of aromatic amines is 1. The topological polar surface area (TPSA) is 67.5 Å². The molecule has 26 heavy (non-hydrogen) atoms. The minimum absolute atomic E-state index is 0.146. The molecule has 0 bridgehead atoms. The van der Waals surface area contributed by atoms with Gasteiger partial charge in [0, 0.05) is 20.2 Å². The number of fused-ring (bicyclic) bond motifs is 1. The predicted octanol–water partition coefficient (Wildman–Crippen LogP) is 3.25. The molecule has 0 saturated carbocycles. The largest absolute Gasteiger partial charge is 0.494 e. The number of nitrogens with zero attached hydrogens (tertiary/aromatic N) is 2. The fourth-order valence-corrected chi connectivity index (χ4v) is 2.74. The zero-order chi connectivity index (χ0) is 18.4. The molecule has 0 atom stereocenters. The third-order valence-corrected chi connectivity index (χ3v) is 4.05. The number of imidazole rings is 1. The van der Waals surface area contributed by atoms with Crippen LogP contribution in [0.25, 0.3) is 11.0 Å². The molecule has 6 nitrogen and oxygen atoms in total. The number of benzene rings is 2. The van der Waals surface area contributed by atoms with Gasteiger partial charge in [-0.2, -0.15) is 0 Å². The molecule has 3 rings (SSSR count). The lowest BCUT2D eigenvalue weighted by Crippen LogP contribution is -2.34. The van der Waals surface area contributed by atoms with Gasteiger partial charge < -0.3 is 19.4 Å². The Kier molecular flexibility index (Phi) is 5.86. The van der Waals surface area contributed by atoms with Crippen molar-refractivity contribution in [2.24, 2.45) is 0 Å². The second-order valence-electron chi connectivity index (χ2n) is 5.90. The summed E-state index contributed by atoms with van der Waals surface area (Å²) in [5.41, 5.74) is 2.65. The second kappa shape index (κ2) is 8.49. The fraction of sp³-hybridized carbons (Fsp3) is 0.300. The third-order valence-electron chi connectivity index (χ3n) is 4.05. The highest BCUT2D eigenvalue weighted by atomic mass is 16.5. The number of nitrogens with one attached hydrogen (secondary N) is 1. The molecule has 0 aliphatic heterocycles.